The topological polar surface area (TPSA) is 0 Å². The van der Waals surface area contributed by atoms with Gasteiger partial charge in [0, 0.05) is 5.56 Å². The second-order valence-corrected chi connectivity index (χ2v) is 5.90. The van der Waals surface area contributed by atoms with E-state index in [9.17, 15) is 13.2 Å². The lowest BCUT2D eigenvalue weighted by molar-refractivity contribution is 0.555. The molecule has 2 aromatic rings. The Kier molecular flexibility index (Phi) is 4.36. The molecule has 0 aliphatic rings. The van der Waals surface area contributed by atoms with Gasteiger partial charge in [0.15, 0.2) is 0 Å². The molecule has 0 aliphatic carbocycles. The van der Waals surface area contributed by atoms with Gasteiger partial charge < -0.3 is 0 Å². The molecular weight excluding hydrogens is 385 g/mol. The van der Waals surface area contributed by atoms with Crippen molar-refractivity contribution in [2.24, 2.45) is 0 Å². The Bertz CT molecular complexity index is 626. The van der Waals surface area contributed by atoms with Crippen LogP contribution in [0.1, 0.15) is 21.5 Å². The predicted molar refractivity (Wildman–Crippen MR) is 76.0 cm³/mol. The minimum absolute atomic E-state index is 0.0708. The Labute approximate surface area is 125 Å². The monoisotopic (exact) mass is 392 g/mol. The largest absolute Gasteiger partial charge is 0.207 e. The molecular formula is C14H9Br2F3. The van der Waals surface area contributed by atoms with Gasteiger partial charge in [-0.25, -0.2) is 13.2 Å². The number of halogens is 5. The van der Waals surface area contributed by atoms with Crippen molar-refractivity contribution in [3.8, 4) is 0 Å². The van der Waals surface area contributed by atoms with Crippen LogP contribution in [0.25, 0.3) is 0 Å². The summed E-state index contributed by atoms with van der Waals surface area (Å²) in [7, 11) is 0. The summed E-state index contributed by atoms with van der Waals surface area (Å²) in [4.78, 5) is -0.677. The number of alkyl halides is 1. The van der Waals surface area contributed by atoms with E-state index in [2.05, 4.69) is 31.9 Å². The summed E-state index contributed by atoms with van der Waals surface area (Å²) in [5, 5.41) is 0. The van der Waals surface area contributed by atoms with Crippen LogP contribution in [0.4, 0.5) is 13.2 Å². The number of hydrogen-bond donors (Lipinski definition) is 0. The Morgan fingerprint density at radius 2 is 1.63 bits per heavy atom. The zero-order chi connectivity index (χ0) is 14.2. The van der Waals surface area contributed by atoms with Gasteiger partial charge in [0.2, 0.25) is 0 Å². The van der Waals surface area contributed by atoms with Crippen molar-refractivity contribution in [1.82, 2.24) is 0 Å². The molecule has 0 nitrogen and oxygen atoms in total. The first kappa shape index (κ1) is 14.6. The Morgan fingerprint density at radius 3 is 2.26 bits per heavy atom. The molecule has 0 aromatic heterocycles. The molecule has 0 heterocycles. The summed E-state index contributed by atoms with van der Waals surface area (Å²) in [5.74, 6) is -1.65. The second-order valence-electron chi connectivity index (χ2n) is 4.13. The van der Waals surface area contributed by atoms with Gasteiger partial charge in [-0.05, 0) is 52.2 Å². The highest BCUT2D eigenvalue weighted by Crippen LogP contribution is 2.36. The van der Waals surface area contributed by atoms with Crippen LogP contribution in [-0.4, -0.2) is 0 Å². The van der Waals surface area contributed by atoms with Crippen LogP contribution in [0, 0.1) is 24.4 Å². The first-order valence-corrected chi connectivity index (χ1v) is 7.16. The lowest BCUT2D eigenvalue weighted by Gasteiger charge is -2.14. The van der Waals surface area contributed by atoms with Gasteiger partial charge in [-0.3, -0.25) is 0 Å². The van der Waals surface area contributed by atoms with Gasteiger partial charge in [-0.1, -0.05) is 28.1 Å². The average molecular weight is 394 g/mol. The normalized spacial score (nSPS) is 12.5. The lowest BCUT2D eigenvalue weighted by atomic mass is 10.0. The van der Waals surface area contributed by atoms with E-state index in [1.165, 1.54) is 30.3 Å². The molecule has 5 heteroatoms. The van der Waals surface area contributed by atoms with E-state index in [0.717, 1.165) is 0 Å². The van der Waals surface area contributed by atoms with Crippen molar-refractivity contribution in [2.45, 2.75) is 11.8 Å². The molecule has 1 unspecified atom stereocenters. The number of benzene rings is 2. The van der Waals surface area contributed by atoms with Crippen LogP contribution < -0.4 is 0 Å². The van der Waals surface area contributed by atoms with Crippen molar-refractivity contribution in [1.29, 1.82) is 0 Å². The first-order valence-electron chi connectivity index (χ1n) is 5.45. The van der Waals surface area contributed by atoms with E-state index in [-0.39, 0.29) is 10.0 Å². The molecule has 0 radical (unpaired) electrons. The second kappa shape index (κ2) is 5.67. The van der Waals surface area contributed by atoms with Crippen LogP contribution >= 0.6 is 31.9 Å². The van der Waals surface area contributed by atoms with Crippen LogP contribution in [0.3, 0.4) is 0 Å². The predicted octanol–water partition coefficient (Wildman–Crippen LogP) is 5.66. The van der Waals surface area contributed by atoms with Crippen molar-refractivity contribution in [3.05, 3.63) is 68.9 Å². The third-order valence-electron chi connectivity index (χ3n) is 2.81. The van der Waals surface area contributed by atoms with E-state index in [4.69, 9.17) is 0 Å². The van der Waals surface area contributed by atoms with Gasteiger partial charge in [0.1, 0.15) is 17.5 Å². The molecule has 1 atom stereocenters. The van der Waals surface area contributed by atoms with Crippen molar-refractivity contribution in [3.63, 3.8) is 0 Å². The van der Waals surface area contributed by atoms with Crippen molar-refractivity contribution in [2.75, 3.05) is 0 Å². The molecule has 0 amide bonds. The van der Waals surface area contributed by atoms with E-state index < -0.39 is 22.3 Å². The molecule has 0 fully saturated rings. The minimum Gasteiger partial charge on any atom is -0.207 e. The number of rotatable bonds is 2. The lowest BCUT2D eigenvalue weighted by Crippen LogP contribution is -2.03. The molecule has 0 bridgehead atoms. The summed E-state index contributed by atoms with van der Waals surface area (Å²) >= 11 is 6.32. The standard InChI is InChI=1S/C14H9Br2F3/c1-7-2-4-11(18)12(14(7)19)13(16)8-3-5-10(17)9(15)6-8/h2-6,13H,1H3. The third-order valence-corrected chi connectivity index (χ3v) is 4.40. The number of aryl methyl sites for hydroxylation is 1. The molecule has 0 saturated heterocycles. The Hall–Kier alpha value is -0.810. The van der Waals surface area contributed by atoms with Gasteiger partial charge in [0.25, 0.3) is 0 Å². The zero-order valence-electron chi connectivity index (χ0n) is 9.85. The summed E-state index contributed by atoms with van der Waals surface area (Å²) in [6.07, 6.45) is 0. The van der Waals surface area contributed by atoms with Crippen LogP contribution in [-0.2, 0) is 0 Å². The third kappa shape index (κ3) is 2.87. The molecule has 2 aromatic carbocycles. The van der Waals surface area contributed by atoms with E-state index in [0.29, 0.717) is 11.1 Å². The minimum atomic E-state index is -0.677. The SMILES string of the molecule is Cc1ccc(F)c(C(Br)c2ccc(F)c(Br)c2)c1F. The quantitative estimate of drug-likeness (QED) is 0.577. The molecule has 19 heavy (non-hydrogen) atoms. The maximum absolute atomic E-state index is 14.0. The van der Waals surface area contributed by atoms with Crippen LogP contribution in [0.5, 0.6) is 0 Å². The molecule has 0 N–H and O–H groups in total. The first-order chi connectivity index (χ1) is 8.91. The summed E-state index contributed by atoms with van der Waals surface area (Å²) in [6, 6.07) is 6.84. The molecule has 2 rings (SSSR count). The summed E-state index contributed by atoms with van der Waals surface area (Å²) in [5.41, 5.74) is 0.859. The fraction of sp³-hybridized carbons (Fsp3) is 0.143. The molecule has 0 saturated carbocycles. The van der Waals surface area contributed by atoms with Gasteiger partial charge in [0.05, 0.1) is 9.30 Å². The van der Waals surface area contributed by atoms with E-state index in [1.54, 1.807) is 6.92 Å². The summed E-state index contributed by atoms with van der Waals surface area (Å²) < 4.78 is 41.2. The Balaban J connectivity index is 2.52. The highest BCUT2D eigenvalue weighted by Gasteiger charge is 2.21. The maximum Gasteiger partial charge on any atom is 0.137 e. The smallest absolute Gasteiger partial charge is 0.137 e. The Morgan fingerprint density at radius 1 is 1.00 bits per heavy atom. The molecule has 100 valence electrons. The zero-order valence-corrected chi connectivity index (χ0v) is 13.0. The van der Waals surface area contributed by atoms with Gasteiger partial charge in [-0.15, -0.1) is 0 Å². The van der Waals surface area contributed by atoms with Gasteiger partial charge in [-0.2, -0.15) is 0 Å². The fourth-order valence-corrected chi connectivity index (χ4v) is 2.85. The molecule has 0 aliphatic heterocycles. The highest BCUT2D eigenvalue weighted by molar-refractivity contribution is 9.10. The summed E-state index contributed by atoms with van der Waals surface area (Å²) in [6.45, 7) is 1.57. The molecule has 0 spiro atoms. The van der Waals surface area contributed by atoms with E-state index >= 15 is 0 Å². The average Bonchev–Trinajstić information content (AvgIpc) is 2.37. The van der Waals surface area contributed by atoms with Crippen molar-refractivity contribution < 1.29 is 13.2 Å². The maximum atomic E-state index is 14.0. The highest BCUT2D eigenvalue weighted by atomic mass is 79.9. The van der Waals surface area contributed by atoms with Crippen LogP contribution in [0.15, 0.2) is 34.8 Å². The number of hydrogen-bond acceptors (Lipinski definition) is 0. The fourth-order valence-electron chi connectivity index (χ4n) is 1.75. The van der Waals surface area contributed by atoms with E-state index in [1.807, 2.05) is 0 Å². The van der Waals surface area contributed by atoms with Crippen LogP contribution in [0.2, 0.25) is 0 Å². The van der Waals surface area contributed by atoms with Gasteiger partial charge >= 0.3 is 0 Å². The van der Waals surface area contributed by atoms with Crippen molar-refractivity contribution >= 4 is 31.9 Å².